The van der Waals surface area contributed by atoms with Crippen LogP contribution in [0.15, 0.2) is 36.7 Å². The van der Waals surface area contributed by atoms with Gasteiger partial charge in [-0.3, -0.25) is 4.98 Å². The van der Waals surface area contributed by atoms with Gasteiger partial charge in [-0.1, -0.05) is 11.6 Å². The van der Waals surface area contributed by atoms with E-state index in [0.29, 0.717) is 10.8 Å². The first kappa shape index (κ1) is 12.5. The second-order valence-corrected chi connectivity index (χ2v) is 4.09. The number of halogens is 1. The zero-order valence-electron chi connectivity index (χ0n) is 10.2. The van der Waals surface area contributed by atoms with Crippen LogP contribution >= 0.6 is 11.6 Å². The Bertz CT molecular complexity index is 546. The molecule has 2 aromatic rings. The Morgan fingerprint density at radius 3 is 2.56 bits per heavy atom. The van der Waals surface area contributed by atoms with Crippen LogP contribution in [0.25, 0.3) is 0 Å². The van der Waals surface area contributed by atoms with E-state index in [-0.39, 0.29) is 0 Å². The summed E-state index contributed by atoms with van der Waals surface area (Å²) in [5, 5.41) is 6.83. The molecule has 0 fully saturated rings. The Hall–Kier alpha value is -1.94. The van der Waals surface area contributed by atoms with E-state index < -0.39 is 0 Å². The van der Waals surface area contributed by atoms with Crippen LogP contribution < -0.4 is 15.4 Å². The number of hydrogen-bond donors (Lipinski definition) is 2. The van der Waals surface area contributed by atoms with E-state index in [1.807, 2.05) is 31.3 Å². The van der Waals surface area contributed by atoms with Gasteiger partial charge in [0, 0.05) is 12.7 Å². The molecule has 94 valence electrons. The van der Waals surface area contributed by atoms with Crippen LogP contribution in [0.2, 0.25) is 5.02 Å². The molecule has 0 spiro atoms. The van der Waals surface area contributed by atoms with Crippen molar-refractivity contribution in [2.75, 3.05) is 24.8 Å². The molecule has 1 aromatic carbocycles. The van der Waals surface area contributed by atoms with E-state index in [2.05, 4.69) is 15.6 Å². The highest BCUT2D eigenvalue weighted by molar-refractivity contribution is 6.32. The van der Waals surface area contributed by atoms with Crippen molar-refractivity contribution in [3.8, 4) is 5.75 Å². The van der Waals surface area contributed by atoms with Crippen molar-refractivity contribution < 1.29 is 4.74 Å². The third kappa shape index (κ3) is 2.84. The lowest BCUT2D eigenvalue weighted by molar-refractivity contribution is 0.415. The number of benzene rings is 1. The van der Waals surface area contributed by atoms with Gasteiger partial charge in [-0.25, -0.2) is 0 Å². The number of nitrogens with zero attached hydrogens (tertiary/aromatic N) is 1. The smallest absolute Gasteiger partial charge is 0.137 e. The van der Waals surface area contributed by atoms with Gasteiger partial charge in [0.15, 0.2) is 0 Å². The molecule has 0 unspecified atom stereocenters. The quantitative estimate of drug-likeness (QED) is 0.886. The third-order valence-corrected chi connectivity index (χ3v) is 2.76. The van der Waals surface area contributed by atoms with Crippen LogP contribution in [0, 0.1) is 0 Å². The summed E-state index contributed by atoms with van der Waals surface area (Å²) in [4.78, 5) is 4.13. The Labute approximate surface area is 111 Å². The van der Waals surface area contributed by atoms with Gasteiger partial charge < -0.3 is 15.4 Å². The van der Waals surface area contributed by atoms with E-state index >= 15 is 0 Å². The topological polar surface area (TPSA) is 46.2 Å². The molecule has 0 amide bonds. The lowest BCUT2D eigenvalue weighted by Gasteiger charge is -2.09. The fourth-order valence-corrected chi connectivity index (χ4v) is 1.81. The van der Waals surface area contributed by atoms with Crippen LogP contribution in [0.1, 0.15) is 0 Å². The SMILES string of the molecule is CNc1cncc(Nc2ccc(OC)c(Cl)c2)c1. The largest absolute Gasteiger partial charge is 0.495 e. The summed E-state index contributed by atoms with van der Waals surface area (Å²) < 4.78 is 5.10. The molecule has 2 rings (SSSR count). The predicted molar refractivity (Wildman–Crippen MR) is 75.1 cm³/mol. The van der Waals surface area contributed by atoms with E-state index in [1.54, 1.807) is 19.5 Å². The lowest BCUT2D eigenvalue weighted by Crippen LogP contribution is -1.94. The van der Waals surface area contributed by atoms with Crippen LogP contribution in [0.4, 0.5) is 17.1 Å². The van der Waals surface area contributed by atoms with Crippen molar-refractivity contribution in [3.63, 3.8) is 0 Å². The molecule has 2 N–H and O–H groups in total. The van der Waals surface area contributed by atoms with Gasteiger partial charge in [-0.15, -0.1) is 0 Å². The van der Waals surface area contributed by atoms with Crippen molar-refractivity contribution in [3.05, 3.63) is 41.7 Å². The predicted octanol–water partition coefficient (Wildman–Crippen LogP) is 3.53. The van der Waals surface area contributed by atoms with Crippen molar-refractivity contribution in [2.45, 2.75) is 0 Å². The molecule has 0 atom stereocenters. The van der Waals surface area contributed by atoms with Crippen LogP contribution in [0.3, 0.4) is 0 Å². The first-order valence-electron chi connectivity index (χ1n) is 5.46. The molecule has 0 bridgehead atoms. The van der Waals surface area contributed by atoms with Crippen molar-refractivity contribution in [2.24, 2.45) is 0 Å². The molecule has 0 saturated carbocycles. The highest BCUT2D eigenvalue weighted by Crippen LogP contribution is 2.29. The molecule has 0 aliphatic rings. The minimum atomic E-state index is 0.570. The van der Waals surface area contributed by atoms with Gasteiger partial charge >= 0.3 is 0 Å². The molecule has 1 aromatic heterocycles. The summed E-state index contributed by atoms with van der Waals surface area (Å²) in [6.07, 6.45) is 3.51. The minimum absolute atomic E-state index is 0.570. The van der Waals surface area contributed by atoms with Gasteiger partial charge in [0.05, 0.1) is 35.9 Å². The number of nitrogens with one attached hydrogen (secondary N) is 2. The molecule has 0 aliphatic heterocycles. The molecule has 0 radical (unpaired) electrons. The fraction of sp³-hybridized carbons (Fsp3) is 0.154. The van der Waals surface area contributed by atoms with Gasteiger partial charge in [-0.2, -0.15) is 0 Å². The average molecular weight is 264 g/mol. The molecule has 1 heterocycles. The zero-order chi connectivity index (χ0) is 13.0. The maximum absolute atomic E-state index is 6.06. The summed E-state index contributed by atoms with van der Waals surface area (Å²) in [5.41, 5.74) is 2.72. The van der Waals surface area contributed by atoms with Gasteiger partial charge in [0.2, 0.25) is 0 Å². The standard InChI is InChI=1S/C13H14ClN3O/c1-15-10-5-11(8-16-7-10)17-9-3-4-13(18-2)12(14)6-9/h3-8,15,17H,1-2H3. The van der Waals surface area contributed by atoms with E-state index in [4.69, 9.17) is 16.3 Å². The zero-order valence-corrected chi connectivity index (χ0v) is 11.0. The Kier molecular flexibility index (Phi) is 3.89. The van der Waals surface area contributed by atoms with Crippen molar-refractivity contribution in [1.29, 1.82) is 0 Å². The number of anilines is 3. The average Bonchev–Trinajstić information content (AvgIpc) is 2.39. The second kappa shape index (κ2) is 5.60. The number of methoxy groups -OCH3 is 1. The maximum atomic E-state index is 6.06. The molecular weight excluding hydrogens is 250 g/mol. The highest BCUT2D eigenvalue weighted by Gasteiger charge is 2.02. The molecule has 0 saturated heterocycles. The highest BCUT2D eigenvalue weighted by atomic mass is 35.5. The summed E-state index contributed by atoms with van der Waals surface area (Å²) >= 11 is 6.06. The Morgan fingerprint density at radius 1 is 1.11 bits per heavy atom. The number of ether oxygens (including phenoxy) is 1. The Balaban J connectivity index is 2.20. The minimum Gasteiger partial charge on any atom is -0.495 e. The van der Waals surface area contributed by atoms with E-state index in [1.165, 1.54) is 0 Å². The Morgan fingerprint density at radius 2 is 1.89 bits per heavy atom. The van der Waals surface area contributed by atoms with E-state index in [0.717, 1.165) is 17.1 Å². The molecule has 4 nitrogen and oxygen atoms in total. The van der Waals surface area contributed by atoms with E-state index in [9.17, 15) is 0 Å². The number of pyridine rings is 1. The van der Waals surface area contributed by atoms with Crippen molar-refractivity contribution in [1.82, 2.24) is 4.98 Å². The van der Waals surface area contributed by atoms with Gasteiger partial charge in [0.1, 0.15) is 5.75 Å². The first-order valence-corrected chi connectivity index (χ1v) is 5.84. The summed E-state index contributed by atoms with van der Waals surface area (Å²) in [5.74, 6) is 0.657. The molecular formula is C13H14ClN3O. The normalized spacial score (nSPS) is 9.94. The number of hydrogen-bond acceptors (Lipinski definition) is 4. The monoisotopic (exact) mass is 263 g/mol. The first-order chi connectivity index (χ1) is 8.72. The van der Waals surface area contributed by atoms with Gasteiger partial charge in [0.25, 0.3) is 0 Å². The molecule has 18 heavy (non-hydrogen) atoms. The third-order valence-electron chi connectivity index (χ3n) is 2.47. The maximum Gasteiger partial charge on any atom is 0.137 e. The van der Waals surface area contributed by atoms with Crippen LogP contribution in [0.5, 0.6) is 5.75 Å². The van der Waals surface area contributed by atoms with Crippen LogP contribution in [-0.4, -0.2) is 19.1 Å². The fourth-order valence-electron chi connectivity index (χ4n) is 1.56. The summed E-state index contributed by atoms with van der Waals surface area (Å²) in [6, 6.07) is 7.49. The lowest BCUT2D eigenvalue weighted by atomic mass is 10.3. The summed E-state index contributed by atoms with van der Waals surface area (Å²) in [7, 11) is 3.44. The number of aromatic nitrogens is 1. The number of rotatable bonds is 4. The second-order valence-electron chi connectivity index (χ2n) is 3.69. The molecule has 0 aliphatic carbocycles. The van der Waals surface area contributed by atoms with Gasteiger partial charge in [-0.05, 0) is 24.3 Å². The van der Waals surface area contributed by atoms with Crippen molar-refractivity contribution >= 4 is 28.7 Å². The molecule has 5 heteroatoms. The summed E-state index contributed by atoms with van der Waals surface area (Å²) in [6.45, 7) is 0. The van der Waals surface area contributed by atoms with Crippen LogP contribution in [-0.2, 0) is 0 Å².